The molecule has 2 saturated heterocycles. The van der Waals surface area contributed by atoms with Crippen molar-refractivity contribution >= 4 is 11.9 Å². The van der Waals surface area contributed by atoms with Gasteiger partial charge in [0.2, 0.25) is 11.9 Å². The minimum atomic E-state index is -0.00669. The van der Waals surface area contributed by atoms with Crippen LogP contribution in [0.5, 0.6) is 0 Å². The van der Waals surface area contributed by atoms with Gasteiger partial charge in [-0.2, -0.15) is 4.68 Å². The molecule has 4 rings (SSSR count). The minimum Gasteiger partial charge on any atom is -0.378 e. The topological polar surface area (TPSA) is 76.4 Å². The lowest BCUT2D eigenvalue weighted by atomic mass is 9.96. The third kappa shape index (κ3) is 3.34. The van der Waals surface area contributed by atoms with Gasteiger partial charge in [-0.15, -0.1) is 0 Å². The van der Waals surface area contributed by atoms with Crippen LogP contribution in [0.1, 0.15) is 12.8 Å². The van der Waals surface area contributed by atoms with Crippen LogP contribution < -0.4 is 4.90 Å². The predicted octanol–water partition coefficient (Wildman–Crippen LogP) is 0.737. The second-order valence-electron chi connectivity index (χ2n) is 6.45. The van der Waals surface area contributed by atoms with Gasteiger partial charge >= 0.3 is 0 Å². The van der Waals surface area contributed by atoms with E-state index < -0.39 is 0 Å². The number of tetrazole rings is 1. The van der Waals surface area contributed by atoms with Gasteiger partial charge in [-0.05, 0) is 35.4 Å². The molecule has 0 bridgehead atoms. The van der Waals surface area contributed by atoms with Crippen molar-refractivity contribution in [3.8, 4) is 5.69 Å². The maximum Gasteiger partial charge on any atom is 0.250 e. The Bertz CT molecular complexity index is 713. The van der Waals surface area contributed by atoms with Crippen LogP contribution in [0, 0.1) is 5.92 Å². The number of nitrogens with zero attached hydrogens (tertiary/aromatic N) is 6. The van der Waals surface area contributed by atoms with Crippen molar-refractivity contribution in [2.24, 2.45) is 5.92 Å². The number of piperidine rings is 1. The summed E-state index contributed by atoms with van der Waals surface area (Å²) in [6.45, 7) is 4.17. The Balaban J connectivity index is 1.50. The first-order chi connectivity index (χ1) is 12.3. The highest BCUT2D eigenvalue weighted by molar-refractivity contribution is 5.79. The zero-order valence-corrected chi connectivity index (χ0v) is 14.1. The van der Waals surface area contributed by atoms with Crippen LogP contribution in [0.4, 0.5) is 5.95 Å². The largest absolute Gasteiger partial charge is 0.378 e. The number of ether oxygens (including phenoxy) is 1. The van der Waals surface area contributed by atoms with Crippen LogP contribution >= 0.6 is 0 Å². The minimum absolute atomic E-state index is 0.00669. The van der Waals surface area contributed by atoms with Crippen LogP contribution in [-0.2, 0) is 9.53 Å². The van der Waals surface area contributed by atoms with Gasteiger partial charge in [-0.3, -0.25) is 4.79 Å². The lowest BCUT2D eigenvalue weighted by Gasteiger charge is -2.36. The van der Waals surface area contributed by atoms with Crippen molar-refractivity contribution in [3.63, 3.8) is 0 Å². The van der Waals surface area contributed by atoms with Crippen LogP contribution in [0.3, 0.4) is 0 Å². The average Bonchev–Trinajstić information content (AvgIpc) is 3.19. The van der Waals surface area contributed by atoms with E-state index >= 15 is 0 Å². The fourth-order valence-corrected chi connectivity index (χ4v) is 3.52. The number of aromatic nitrogens is 4. The zero-order chi connectivity index (χ0) is 17.1. The molecule has 3 heterocycles. The highest BCUT2D eigenvalue weighted by Gasteiger charge is 2.32. The molecular formula is C17H22N6O2. The molecule has 2 aromatic rings. The standard InChI is InChI=1S/C17H22N6O2/c24-16(21-9-11-25-12-10-21)14-5-4-8-22(13-14)17-18-19-20-23(17)15-6-2-1-3-7-15/h1-3,6-7,14H,4-5,8-13H2. The van der Waals surface area contributed by atoms with E-state index in [9.17, 15) is 4.79 Å². The molecule has 2 aliphatic rings. The van der Waals surface area contributed by atoms with Crippen molar-refractivity contribution in [1.29, 1.82) is 0 Å². The summed E-state index contributed by atoms with van der Waals surface area (Å²) < 4.78 is 7.09. The average molecular weight is 342 g/mol. The summed E-state index contributed by atoms with van der Waals surface area (Å²) in [5, 5.41) is 12.2. The Hall–Kier alpha value is -2.48. The van der Waals surface area contributed by atoms with Gasteiger partial charge in [-0.25, -0.2) is 0 Å². The molecule has 8 nitrogen and oxygen atoms in total. The third-order valence-corrected chi connectivity index (χ3v) is 4.83. The number of morpholine rings is 1. The van der Waals surface area contributed by atoms with Crippen LogP contribution in [0.2, 0.25) is 0 Å². The number of para-hydroxylation sites is 1. The predicted molar refractivity (Wildman–Crippen MR) is 91.5 cm³/mol. The monoisotopic (exact) mass is 342 g/mol. The van der Waals surface area contributed by atoms with Gasteiger partial charge in [0.15, 0.2) is 0 Å². The first kappa shape index (κ1) is 16.0. The van der Waals surface area contributed by atoms with Gasteiger partial charge < -0.3 is 14.5 Å². The number of rotatable bonds is 3. The fraction of sp³-hybridized carbons (Fsp3) is 0.529. The molecule has 1 aromatic heterocycles. The van der Waals surface area contributed by atoms with Crippen molar-refractivity contribution in [3.05, 3.63) is 30.3 Å². The van der Waals surface area contributed by atoms with E-state index in [0.717, 1.165) is 25.1 Å². The summed E-state index contributed by atoms with van der Waals surface area (Å²) in [5.41, 5.74) is 0.920. The molecule has 0 spiro atoms. The van der Waals surface area contributed by atoms with E-state index in [1.165, 1.54) is 0 Å². The molecule has 1 amide bonds. The number of carbonyl (C=O) groups is 1. The van der Waals surface area contributed by atoms with Crippen LogP contribution in [0.15, 0.2) is 30.3 Å². The molecule has 1 atom stereocenters. The lowest BCUT2D eigenvalue weighted by molar-refractivity contribution is -0.139. The Morgan fingerprint density at radius 1 is 1.12 bits per heavy atom. The van der Waals surface area contributed by atoms with E-state index in [2.05, 4.69) is 20.4 Å². The summed E-state index contributed by atoms with van der Waals surface area (Å²) in [6.07, 6.45) is 1.88. The van der Waals surface area contributed by atoms with Gasteiger partial charge in [0.25, 0.3) is 0 Å². The molecule has 0 saturated carbocycles. The number of hydrogen-bond acceptors (Lipinski definition) is 6. The van der Waals surface area contributed by atoms with Crippen molar-refractivity contribution < 1.29 is 9.53 Å². The van der Waals surface area contributed by atoms with E-state index in [4.69, 9.17) is 4.74 Å². The normalized spacial score (nSPS) is 21.4. The van der Waals surface area contributed by atoms with Gasteiger partial charge in [-0.1, -0.05) is 23.3 Å². The molecular weight excluding hydrogens is 320 g/mol. The number of carbonyl (C=O) groups excluding carboxylic acids is 1. The molecule has 1 aromatic carbocycles. The van der Waals surface area contributed by atoms with E-state index in [1.807, 2.05) is 35.2 Å². The van der Waals surface area contributed by atoms with Gasteiger partial charge in [0, 0.05) is 26.2 Å². The summed E-state index contributed by atoms with van der Waals surface area (Å²) in [7, 11) is 0. The molecule has 2 aliphatic heterocycles. The fourth-order valence-electron chi connectivity index (χ4n) is 3.52. The third-order valence-electron chi connectivity index (χ3n) is 4.83. The van der Waals surface area contributed by atoms with Crippen LogP contribution in [0.25, 0.3) is 5.69 Å². The Kier molecular flexibility index (Phi) is 4.60. The van der Waals surface area contributed by atoms with Crippen molar-refractivity contribution in [2.75, 3.05) is 44.3 Å². The molecule has 132 valence electrons. The Morgan fingerprint density at radius 2 is 1.92 bits per heavy atom. The van der Waals surface area contributed by atoms with Gasteiger partial charge in [0.1, 0.15) is 0 Å². The SMILES string of the molecule is O=C(C1CCCN(c2nnnn2-c2ccccc2)C1)N1CCOCC1. The molecule has 2 fully saturated rings. The maximum atomic E-state index is 12.8. The van der Waals surface area contributed by atoms with E-state index in [-0.39, 0.29) is 11.8 Å². The summed E-state index contributed by atoms with van der Waals surface area (Å²) in [4.78, 5) is 16.9. The van der Waals surface area contributed by atoms with Crippen molar-refractivity contribution in [1.82, 2.24) is 25.1 Å². The lowest BCUT2D eigenvalue weighted by Crippen LogP contribution is -2.48. The van der Waals surface area contributed by atoms with E-state index in [0.29, 0.717) is 38.8 Å². The molecule has 25 heavy (non-hydrogen) atoms. The summed E-state index contributed by atoms with van der Waals surface area (Å²) >= 11 is 0. The molecule has 8 heteroatoms. The molecule has 0 aliphatic carbocycles. The van der Waals surface area contributed by atoms with Crippen LogP contribution in [-0.4, -0.2) is 70.4 Å². The first-order valence-electron chi connectivity index (χ1n) is 8.78. The zero-order valence-electron chi connectivity index (χ0n) is 14.1. The molecule has 1 unspecified atom stereocenters. The number of hydrogen-bond donors (Lipinski definition) is 0. The Labute approximate surface area is 146 Å². The number of amides is 1. The second kappa shape index (κ2) is 7.18. The maximum absolute atomic E-state index is 12.8. The highest BCUT2D eigenvalue weighted by Crippen LogP contribution is 2.24. The smallest absolute Gasteiger partial charge is 0.250 e. The quantitative estimate of drug-likeness (QED) is 0.819. The summed E-state index contributed by atoms with van der Waals surface area (Å²) in [6, 6.07) is 9.83. The van der Waals surface area contributed by atoms with Gasteiger partial charge in [0.05, 0.1) is 24.8 Å². The van der Waals surface area contributed by atoms with E-state index in [1.54, 1.807) is 4.68 Å². The second-order valence-corrected chi connectivity index (χ2v) is 6.45. The summed E-state index contributed by atoms with van der Waals surface area (Å²) in [5.74, 6) is 0.921. The molecule has 0 radical (unpaired) electrons. The van der Waals surface area contributed by atoms with Crippen molar-refractivity contribution in [2.45, 2.75) is 12.8 Å². The number of benzene rings is 1. The Morgan fingerprint density at radius 3 is 2.72 bits per heavy atom. The number of anilines is 1. The first-order valence-corrected chi connectivity index (χ1v) is 8.78. The molecule has 0 N–H and O–H groups in total. The highest BCUT2D eigenvalue weighted by atomic mass is 16.5.